The lowest BCUT2D eigenvalue weighted by Crippen LogP contribution is -2.04. The number of aryl methyl sites for hydroxylation is 1. The van der Waals surface area contributed by atoms with Crippen molar-refractivity contribution in [2.75, 3.05) is 0 Å². The highest BCUT2D eigenvalue weighted by atomic mass is 19.3. The van der Waals surface area contributed by atoms with Crippen molar-refractivity contribution in [2.24, 2.45) is 0 Å². The smallest absolute Gasteiger partial charge is 0.387 e. The topological polar surface area (TPSA) is 39.2 Å². The number of halogens is 2. The number of carbonyl (C=O) groups excluding carboxylic acids is 1. The highest BCUT2D eigenvalue weighted by Gasteiger charge is 2.10. The van der Waals surface area contributed by atoms with Gasteiger partial charge in [-0.2, -0.15) is 8.78 Å². The molecule has 0 spiro atoms. The number of pyridine rings is 1. The summed E-state index contributed by atoms with van der Waals surface area (Å²) in [5, 5.41) is 0. The predicted molar refractivity (Wildman–Crippen MR) is 66.4 cm³/mol. The van der Waals surface area contributed by atoms with E-state index in [-0.39, 0.29) is 5.75 Å². The van der Waals surface area contributed by atoms with E-state index in [9.17, 15) is 13.6 Å². The monoisotopic (exact) mass is 263 g/mol. The van der Waals surface area contributed by atoms with E-state index in [0.717, 1.165) is 11.8 Å². The standard InChI is InChI=1S/C14H11F2NO2/c1-9-13(19-14(15)16)6-12(7-17-9)11-4-2-10(8-18)3-5-11/h2-8,14H,1H3. The number of nitrogens with zero attached hydrogens (tertiary/aromatic N) is 1. The van der Waals surface area contributed by atoms with E-state index in [1.54, 1.807) is 37.4 Å². The first-order valence-electron chi connectivity index (χ1n) is 5.57. The zero-order valence-electron chi connectivity index (χ0n) is 10.1. The maximum atomic E-state index is 12.2. The largest absolute Gasteiger partial charge is 0.433 e. The molecule has 0 fully saturated rings. The van der Waals surface area contributed by atoms with Gasteiger partial charge in [0.1, 0.15) is 12.0 Å². The third-order valence-electron chi connectivity index (χ3n) is 2.64. The summed E-state index contributed by atoms with van der Waals surface area (Å²) >= 11 is 0. The van der Waals surface area contributed by atoms with Crippen LogP contribution in [0.15, 0.2) is 36.5 Å². The van der Waals surface area contributed by atoms with Gasteiger partial charge in [0.25, 0.3) is 0 Å². The van der Waals surface area contributed by atoms with Crippen LogP contribution in [0.4, 0.5) is 8.78 Å². The molecule has 0 atom stereocenters. The predicted octanol–water partition coefficient (Wildman–Crippen LogP) is 3.47. The van der Waals surface area contributed by atoms with Crippen LogP contribution >= 0.6 is 0 Å². The van der Waals surface area contributed by atoms with Gasteiger partial charge in [0, 0.05) is 17.3 Å². The third-order valence-corrected chi connectivity index (χ3v) is 2.64. The molecule has 0 unspecified atom stereocenters. The summed E-state index contributed by atoms with van der Waals surface area (Å²) in [5.41, 5.74) is 2.37. The van der Waals surface area contributed by atoms with Crippen LogP contribution in [0.25, 0.3) is 11.1 Å². The van der Waals surface area contributed by atoms with E-state index in [4.69, 9.17) is 0 Å². The molecular formula is C14H11F2NO2. The number of benzene rings is 1. The Bertz CT molecular complexity index is 582. The van der Waals surface area contributed by atoms with E-state index in [2.05, 4.69) is 9.72 Å². The van der Waals surface area contributed by atoms with Gasteiger partial charge in [-0.1, -0.05) is 24.3 Å². The summed E-state index contributed by atoms with van der Waals surface area (Å²) in [6, 6.07) is 8.25. The highest BCUT2D eigenvalue weighted by Crippen LogP contribution is 2.26. The van der Waals surface area contributed by atoms with E-state index >= 15 is 0 Å². The molecule has 0 aliphatic carbocycles. The maximum Gasteiger partial charge on any atom is 0.387 e. The van der Waals surface area contributed by atoms with Gasteiger partial charge in [0.2, 0.25) is 0 Å². The normalized spacial score (nSPS) is 10.5. The third kappa shape index (κ3) is 3.13. The van der Waals surface area contributed by atoms with Gasteiger partial charge < -0.3 is 4.74 Å². The number of aldehydes is 1. The van der Waals surface area contributed by atoms with E-state index < -0.39 is 6.61 Å². The fraction of sp³-hybridized carbons (Fsp3) is 0.143. The van der Waals surface area contributed by atoms with Gasteiger partial charge >= 0.3 is 6.61 Å². The van der Waals surface area contributed by atoms with Gasteiger partial charge in [-0.05, 0) is 18.6 Å². The first-order valence-corrected chi connectivity index (χ1v) is 5.57. The first-order chi connectivity index (χ1) is 9.10. The lowest BCUT2D eigenvalue weighted by molar-refractivity contribution is -0.0505. The van der Waals surface area contributed by atoms with Crippen molar-refractivity contribution < 1.29 is 18.3 Å². The maximum absolute atomic E-state index is 12.2. The van der Waals surface area contributed by atoms with Crippen molar-refractivity contribution >= 4 is 6.29 Å². The number of ether oxygens (including phenoxy) is 1. The molecule has 0 aliphatic rings. The lowest BCUT2D eigenvalue weighted by Gasteiger charge is -2.09. The highest BCUT2D eigenvalue weighted by molar-refractivity contribution is 5.77. The molecule has 0 saturated carbocycles. The Labute approximate surface area is 108 Å². The molecule has 3 nitrogen and oxygen atoms in total. The summed E-state index contributed by atoms with van der Waals surface area (Å²) in [5.74, 6) is 0.0481. The number of hydrogen-bond acceptors (Lipinski definition) is 3. The summed E-state index contributed by atoms with van der Waals surface area (Å²) in [6.45, 7) is -1.29. The molecule has 1 aromatic heterocycles. The zero-order chi connectivity index (χ0) is 13.8. The van der Waals surface area contributed by atoms with Crippen LogP contribution in [0.5, 0.6) is 5.75 Å². The molecular weight excluding hydrogens is 252 g/mol. The molecule has 19 heavy (non-hydrogen) atoms. The molecule has 1 aromatic carbocycles. The molecule has 0 amide bonds. The van der Waals surface area contributed by atoms with Crippen LogP contribution in [0.3, 0.4) is 0 Å². The van der Waals surface area contributed by atoms with Crippen LogP contribution in [-0.4, -0.2) is 17.9 Å². The molecule has 2 rings (SSSR count). The quantitative estimate of drug-likeness (QED) is 0.793. The summed E-state index contributed by atoms with van der Waals surface area (Å²) < 4.78 is 28.9. The molecule has 1 heterocycles. The Balaban J connectivity index is 2.36. The number of rotatable bonds is 4. The second kappa shape index (κ2) is 5.56. The Morgan fingerprint density at radius 3 is 2.47 bits per heavy atom. The van der Waals surface area contributed by atoms with Crippen LogP contribution in [0, 0.1) is 6.92 Å². The summed E-state index contributed by atoms with van der Waals surface area (Å²) in [4.78, 5) is 14.6. The SMILES string of the molecule is Cc1ncc(-c2ccc(C=O)cc2)cc1OC(F)F. The molecule has 0 bridgehead atoms. The average Bonchev–Trinajstić information content (AvgIpc) is 2.41. The van der Waals surface area contributed by atoms with Gasteiger partial charge in [0.05, 0.1) is 5.69 Å². The van der Waals surface area contributed by atoms with Gasteiger partial charge in [-0.25, -0.2) is 0 Å². The zero-order valence-corrected chi connectivity index (χ0v) is 10.1. The van der Waals surface area contributed by atoms with E-state index in [1.807, 2.05) is 0 Å². The van der Waals surface area contributed by atoms with Crippen molar-refractivity contribution in [3.63, 3.8) is 0 Å². The van der Waals surface area contributed by atoms with Crippen molar-refractivity contribution in [3.8, 4) is 16.9 Å². The summed E-state index contributed by atoms with van der Waals surface area (Å²) in [6.07, 6.45) is 2.31. The van der Waals surface area contributed by atoms with Crippen LogP contribution in [-0.2, 0) is 0 Å². The van der Waals surface area contributed by atoms with E-state index in [1.165, 1.54) is 6.07 Å². The molecule has 0 N–H and O–H groups in total. The number of carbonyl (C=O) groups is 1. The minimum Gasteiger partial charge on any atom is -0.433 e. The lowest BCUT2D eigenvalue weighted by atomic mass is 10.1. The molecule has 5 heteroatoms. The van der Waals surface area contributed by atoms with Gasteiger partial charge in [0.15, 0.2) is 0 Å². The van der Waals surface area contributed by atoms with Crippen molar-refractivity contribution in [2.45, 2.75) is 13.5 Å². The molecule has 98 valence electrons. The van der Waals surface area contributed by atoms with E-state index in [0.29, 0.717) is 16.8 Å². The first kappa shape index (κ1) is 13.1. The molecule has 2 aromatic rings. The van der Waals surface area contributed by atoms with Gasteiger partial charge in [-0.15, -0.1) is 0 Å². The molecule has 0 radical (unpaired) electrons. The second-order valence-corrected chi connectivity index (χ2v) is 3.93. The minimum atomic E-state index is -2.88. The van der Waals surface area contributed by atoms with Crippen molar-refractivity contribution in [1.82, 2.24) is 4.98 Å². The van der Waals surface area contributed by atoms with Crippen molar-refractivity contribution in [3.05, 3.63) is 47.8 Å². The van der Waals surface area contributed by atoms with Gasteiger partial charge in [-0.3, -0.25) is 9.78 Å². The number of alkyl halides is 2. The van der Waals surface area contributed by atoms with Crippen LogP contribution in [0.1, 0.15) is 16.1 Å². The molecule has 0 saturated heterocycles. The Morgan fingerprint density at radius 2 is 1.89 bits per heavy atom. The van der Waals surface area contributed by atoms with Crippen LogP contribution in [0.2, 0.25) is 0 Å². The number of hydrogen-bond donors (Lipinski definition) is 0. The average molecular weight is 263 g/mol. The minimum absolute atomic E-state index is 0.0481. The number of aromatic nitrogens is 1. The molecule has 0 aliphatic heterocycles. The second-order valence-electron chi connectivity index (χ2n) is 3.93. The Morgan fingerprint density at radius 1 is 1.21 bits per heavy atom. The fourth-order valence-electron chi connectivity index (χ4n) is 1.64. The summed E-state index contributed by atoms with van der Waals surface area (Å²) in [7, 11) is 0. The van der Waals surface area contributed by atoms with Crippen LogP contribution < -0.4 is 4.74 Å². The fourth-order valence-corrected chi connectivity index (χ4v) is 1.64. The van der Waals surface area contributed by atoms with Crippen molar-refractivity contribution in [1.29, 1.82) is 0 Å². The Kier molecular flexibility index (Phi) is 3.85. The Hall–Kier alpha value is -2.30.